The molecule has 0 radical (unpaired) electrons. The van der Waals surface area contributed by atoms with Crippen molar-refractivity contribution >= 4 is 17.4 Å². The first-order valence-electron chi connectivity index (χ1n) is 6.41. The van der Waals surface area contributed by atoms with Gasteiger partial charge in [0.1, 0.15) is 4.88 Å². The van der Waals surface area contributed by atoms with E-state index in [-0.39, 0.29) is 18.4 Å². The van der Waals surface area contributed by atoms with E-state index in [9.17, 15) is 9.90 Å². The van der Waals surface area contributed by atoms with Gasteiger partial charge in [-0.1, -0.05) is 18.3 Å². The minimum atomic E-state index is -0.576. The Morgan fingerprint density at radius 2 is 2.21 bits per heavy atom. The average Bonchev–Trinajstić information content (AvgIpc) is 2.89. The molecule has 1 aromatic rings. The molecule has 0 spiro atoms. The minimum absolute atomic E-state index is 0.0780. The molecule has 2 N–H and O–H groups in total. The van der Waals surface area contributed by atoms with E-state index >= 15 is 0 Å². The maximum atomic E-state index is 12.3. The number of aromatic nitrogens is 2. The van der Waals surface area contributed by atoms with Crippen molar-refractivity contribution in [2.24, 2.45) is 0 Å². The first kappa shape index (κ1) is 14.4. The molecule has 0 aliphatic carbocycles. The van der Waals surface area contributed by atoms with Crippen LogP contribution in [0.5, 0.6) is 0 Å². The van der Waals surface area contributed by atoms with Gasteiger partial charge in [0.15, 0.2) is 0 Å². The second-order valence-electron chi connectivity index (χ2n) is 5.15. The summed E-state index contributed by atoms with van der Waals surface area (Å²) in [5.74, 6) is -0.0473. The first-order chi connectivity index (χ1) is 9.08. The van der Waals surface area contributed by atoms with Crippen LogP contribution in [-0.2, 0) is 4.74 Å². The molecule has 0 aromatic carbocycles. The SMILES string of the molecule is CC(C)c1nnsc1C(=O)NC1(CO)CCOCC1. The standard InChI is InChI=1S/C12H19N3O3S/c1-8(2)9-10(19-15-14-9)11(17)13-12(7-16)3-5-18-6-4-12/h8,16H,3-7H2,1-2H3,(H,13,17). The third-order valence-corrected chi connectivity index (χ3v) is 4.14. The zero-order chi connectivity index (χ0) is 13.9. The molecule has 0 atom stereocenters. The molecule has 106 valence electrons. The highest BCUT2D eigenvalue weighted by atomic mass is 32.1. The number of hydrogen-bond acceptors (Lipinski definition) is 6. The second-order valence-corrected chi connectivity index (χ2v) is 5.90. The summed E-state index contributed by atoms with van der Waals surface area (Å²) in [6.07, 6.45) is 1.25. The lowest BCUT2D eigenvalue weighted by molar-refractivity contribution is 0.0126. The average molecular weight is 285 g/mol. The van der Waals surface area contributed by atoms with E-state index in [0.717, 1.165) is 11.5 Å². The number of aliphatic hydroxyl groups excluding tert-OH is 1. The molecule has 7 heteroatoms. The van der Waals surface area contributed by atoms with E-state index < -0.39 is 5.54 Å². The Bertz CT molecular complexity index is 441. The monoisotopic (exact) mass is 285 g/mol. The molecular formula is C12H19N3O3S. The quantitative estimate of drug-likeness (QED) is 0.860. The van der Waals surface area contributed by atoms with Gasteiger partial charge in [-0.15, -0.1) is 5.10 Å². The summed E-state index contributed by atoms with van der Waals surface area (Å²) in [6, 6.07) is 0. The number of ether oxygens (including phenoxy) is 1. The lowest BCUT2D eigenvalue weighted by Crippen LogP contribution is -2.54. The number of hydrogen-bond donors (Lipinski definition) is 2. The van der Waals surface area contributed by atoms with Gasteiger partial charge in [-0.3, -0.25) is 4.79 Å². The maximum Gasteiger partial charge on any atom is 0.265 e. The number of carbonyl (C=O) groups excluding carboxylic acids is 1. The van der Waals surface area contributed by atoms with E-state index in [1.807, 2.05) is 13.8 Å². The normalized spacial score (nSPS) is 18.5. The molecule has 6 nitrogen and oxygen atoms in total. The summed E-state index contributed by atoms with van der Waals surface area (Å²) >= 11 is 1.10. The van der Waals surface area contributed by atoms with Crippen molar-refractivity contribution in [2.75, 3.05) is 19.8 Å². The van der Waals surface area contributed by atoms with Crippen molar-refractivity contribution in [3.05, 3.63) is 10.6 Å². The summed E-state index contributed by atoms with van der Waals surface area (Å²) in [5.41, 5.74) is 0.135. The lowest BCUT2D eigenvalue weighted by atomic mass is 9.91. The summed E-state index contributed by atoms with van der Waals surface area (Å²) < 4.78 is 9.13. The van der Waals surface area contributed by atoms with Gasteiger partial charge in [0.05, 0.1) is 17.8 Å². The second kappa shape index (κ2) is 5.94. The molecule has 1 aliphatic rings. The zero-order valence-corrected chi connectivity index (χ0v) is 12.0. The molecular weight excluding hydrogens is 266 g/mol. The van der Waals surface area contributed by atoms with Crippen molar-refractivity contribution in [3.8, 4) is 0 Å². The molecule has 1 aromatic heterocycles. The fourth-order valence-electron chi connectivity index (χ4n) is 2.12. The Labute approximate surface area is 116 Å². The number of carbonyl (C=O) groups is 1. The van der Waals surface area contributed by atoms with E-state index in [0.29, 0.717) is 36.6 Å². The van der Waals surface area contributed by atoms with E-state index in [1.54, 1.807) is 0 Å². The van der Waals surface area contributed by atoms with Gasteiger partial charge in [0.2, 0.25) is 0 Å². The van der Waals surface area contributed by atoms with Crippen molar-refractivity contribution in [1.82, 2.24) is 14.9 Å². The van der Waals surface area contributed by atoms with Crippen molar-refractivity contribution in [1.29, 1.82) is 0 Å². The van der Waals surface area contributed by atoms with Crippen LogP contribution < -0.4 is 5.32 Å². The Hall–Kier alpha value is -1.05. The van der Waals surface area contributed by atoms with Gasteiger partial charge in [-0.25, -0.2) is 0 Å². The number of aliphatic hydroxyl groups is 1. The maximum absolute atomic E-state index is 12.3. The van der Waals surface area contributed by atoms with Crippen LogP contribution in [-0.4, -0.2) is 46.0 Å². The Balaban J connectivity index is 2.13. The Morgan fingerprint density at radius 3 is 2.79 bits per heavy atom. The fraction of sp³-hybridized carbons (Fsp3) is 0.750. The summed E-state index contributed by atoms with van der Waals surface area (Å²) in [7, 11) is 0. The van der Waals surface area contributed by atoms with E-state index in [2.05, 4.69) is 14.9 Å². The van der Waals surface area contributed by atoms with Crippen LogP contribution in [0.3, 0.4) is 0 Å². The molecule has 19 heavy (non-hydrogen) atoms. The highest BCUT2D eigenvalue weighted by Gasteiger charge is 2.35. The topological polar surface area (TPSA) is 84.3 Å². The van der Waals surface area contributed by atoms with Crippen molar-refractivity contribution in [2.45, 2.75) is 38.1 Å². The zero-order valence-electron chi connectivity index (χ0n) is 11.2. The molecule has 0 saturated carbocycles. The predicted molar refractivity (Wildman–Crippen MR) is 71.3 cm³/mol. The highest BCUT2D eigenvalue weighted by molar-refractivity contribution is 7.08. The number of rotatable bonds is 4. The van der Waals surface area contributed by atoms with Gasteiger partial charge in [-0.2, -0.15) is 0 Å². The van der Waals surface area contributed by atoms with E-state index in [1.165, 1.54) is 0 Å². The van der Waals surface area contributed by atoms with Gasteiger partial charge in [0, 0.05) is 13.2 Å². The summed E-state index contributed by atoms with van der Waals surface area (Å²) in [6.45, 7) is 4.98. The van der Waals surface area contributed by atoms with E-state index in [4.69, 9.17) is 4.74 Å². The molecule has 2 heterocycles. The molecule has 1 fully saturated rings. The Kier molecular flexibility index (Phi) is 4.49. The molecule has 2 rings (SSSR count). The third-order valence-electron chi connectivity index (χ3n) is 3.40. The summed E-state index contributed by atoms with van der Waals surface area (Å²) in [4.78, 5) is 12.9. The van der Waals surface area contributed by atoms with Crippen LogP contribution in [0.2, 0.25) is 0 Å². The third kappa shape index (κ3) is 3.10. The minimum Gasteiger partial charge on any atom is -0.394 e. The van der Waals surface area contributed by atoms with Gasteiger partial charge >= 0.3 is 0 Å². The van der Waals surface area contributed by atoms with Gasteiger partial charge in [0.25, 0.3) is 5.91 Å². The molecule has 1 aliphatic heterocycles. The molecule has 0 bridgehead atoms. The van der Waals surface area contributed by atoms with Crippen LogP contribution in [0.1, 0.15) is 48.0 Å². The number of nitrogens with zero attached hydrogens (tertiary/aromatic N) is 2. The molecule has 0 unspecified atom stereocenters. The predicted octanol–water partition coefficient (Wildman–Crippen LogP) is 0.933. The van der Waals surface area contributed by atoms with Crippen molar-refractivity contribution in [3.63, 3.8) is 0 Å². The van der Waals surface area contributed by atoms with Crippen LogP contribution in [0, 0.1) is 0 Å². The van der Waals surface area contributed by atoms with Gasteiger partial charge < -0.3 is 15.2 Å². The lowest BCUT2D eigenvalue weighted by Gasteiger charge is -2.36. The molecule has 1 amide bonds. The summed E-state index contributed by atoms with van der Waals surface area (Å²) in [5, 5.41) is 16.5. The fourth-order valence-corrected chi connectivity index (χ4v) is 2.83. The van der Waals surface area contributed by atoms with Crippen LogP contribution in [0.4, 0.5) is 0 Å². The number of amides is 1. The van der Waals surface area contributed by atoms with Gasteiger partial charge in [-0.05, 0) is 30.3 Å². The Morgan fingerprint density at radius 1 is 1.53 bits per heavy atom. The smallest absolute Gasteiger partial charge is 0.265 e. The largest absolute Gasteiger partial charge is 0.394 e. The first-order valence-corrected chi connectivity index (χ1v) is 7.19. The van der Waals surface area contributed by atoms with Crippen LogP contribution >= 0.6 is 11.5 Å². The van der Waals surface area contributed by atoms with Crippen LogP contribution in [0.25, 0.3) is 0 Å². The van der Waals surface area contributed by atoms with Crippen LogP contribution in [0.15, 0.2) is 0 Å². The number of nitrogens with one attached hydrogen (secondary N) is 1. The molecule has 1 saturated heterocycles. The highest BCUT2D eigenvalue weighted by Crippen LogP contribution is 2.24. The van der Waals surface area contributed by atoms with Crippen molar-refractivity contribution < 1.29 is 14.6 Å².